The highest BCUT2D eigenvalue weighted by Gasteiger charge is 2.32. The Kier molecular flexibility index (Phi) is 5.90. The lowest BCUT2D eigenvalue weighted by atomic mass is 9.90. The second kappa shape index (κ2) is 6.32. The van der Waals surface area contributed by atoms with Gasteiger partial charge in [0.05, 0.1) is 13.6 Å². The highest BCUT2D eigenvalue weighted by molar-refractivity contribution is 7.81. The van der Waals surface area contributed by atoms with Crippen LogP contribution in [0.1, 0.15) is 32.1 Å². The Morgan fingerprint density at radius 1 is 0.941 bits per heavy atom. The van der Waals surface area contributed by atoms with Gasteiger partial charge < -0.3 is 4.43 Å². The third kappa shape index (κ3) is 7.10. The lowest BCUT2D eigenvalue weighted by Gasteiger charge is -2.37. The van der Waals surface area contributed by atoms with Crippen molar-refractivity contribution in [1.82, 2.24) is 0 Å². The van der Waals surface area contributed by atoms with Crippen LogP contribution < -0.4 is 0 Å². The molecular weight excluding hydrogens is 259 g/mol. The summed E-state index contributed by atoms with van der Waals surface area (Å²) < 4.78 is 6.54. The van der Waals surface area contributed by atoms with Crippen molar-refractivity contribution in [2.75, 3.05) is 0 Å². The van der Waals surface area contributed by atoms with E-state index in [9.17, 15) is 0 Å². The van der Waals surface area contributed by atoms with Crippen molar-refractivity contribution in [3.63, 3.8) is 0 Å². The lowest BCUT2D eigenvalue weighted by Crippen LogP contribution is -2.37. The molecule has 0 heterocycles. The summed E-state index contributed by atoms with van der Waals surface area (Å²) in [7, 11) is -1.27. The summed E-state index contributed by atoms with van der Waals surface area (Å²) in [5.74, 6) is 1.48. The smallest absolute Gasteiger partial charge is 0.184 e. The molecule has 0 bridgehead atoms. The van der Waals surface area contributed by atoms with Crippen LogP contribution in [0.4, 0.5) is 0 Å². The summed E-state index contributed by atoms with van der Waals surface area (Å²) in [6, 6.07) is 0. The molecule has 1 fully saturated rings. The molecule has 102 valence electrons. The monoisotopic (exact) mass is 290 g/mol. The van der Waals surface area contributed by atoms with E-state index in [2.05, 4.69) is 39.3 Å². The molecule has 2 unspecified atom stereocenters. The summed E-state index contributed by atoms with van der Waals surface area (Å²) >= 11 is 0. The molecule has 0 radical (unpaired) electrons. The molecular formula is C13H31OPSi2. The summed E-state index contributed by atoms with van der Waals surface area (Å²) in [5, 5.41) is 0. The fourth-order valence-electron chi connectivity index (χ4n) is 2.49. The van der Waals surface area contributed by atoms with E-state index < -0.39 is 16.1 Å². The molecule has 1 rings (SSSR count). The maximum atomic E-state index is 6.54. The van der Waals surface area contributed by atoms with Crippen LogP contribution in [-0.4, -0.2) is 21.9 Å². The van der Waals surface area contributed by atoms with Crippen molar-refractivity contribution in [3.05, 3.63) is 0 Å². The first-order valence-corrected chi connectivity index (χ1v) is 16.1. The molecule has 1 nitrogen and oxygen atoms in total. The summed E-state index contributed by atoms with van der Waals surface area (Å²) in [6.07, 6.45) is 7.17. The average Bonchev–Trinajstić information content (AvgIpc) is 2.14. The molecule has 0 aliphatic heterocycles. The topological polar surface area (TPSA) is 9.23 Å². The molecule has 0 aromatic rings. The van der Waals surface area contributed by atoms with Crippen molar-refractivity contribution in [2.24, 2.45) is 5.92 Å². The number of hydrogen-bond acceptors (Lipinski definition) is 1. The zero-order chi connectivity index (χ0) is 13.1. The van der Waals surface area contributed by atoms with Gasteiger partial charge in [-0.05, 0) is 38.4 Å². The van der Waals surface area contributed by atoms with E-state index in [0.29, 0.717) is 5.85 Å². The SMILES string of the molecule is C[Si](C)(C)OC(P[Si](C)(C)C)C1CCCCC1. The van der Waals surface area contributed by atoms with Crippen LogP contribution in [0.5, 0.6) is 0 Å². The average molecular weight is 291 g/mol. The van der Waals surface area contributed by atoms with Crippen LogP contribution in [0.3, 0.4) is 0 Å². The Morgan fingerprint density at radius 2 is 1.47 bits per heavy atom. The zero-order valence-electron chi connectivity index (χ0n) is 12.6. The maximum absolute atomic E-state index is 6.54. The minimum absolute atomic E-state index is 0.605. The Balaban J connectivity index is 2.63. The van der Waals surface area contributed by atoms with Gasteiger partial charge in [0, 0.05) is 0 Å². The van der Waals surface area contributed by atoms with Crippen LogP contribution in [0.25, 0.3) is 0 Å². The van der Waals surface area contributed by atoms with Crippen LogP contribution >= 0.6 is 8.13 Å². The Hall–Kier alpha value is 0.824. The van der Waals surface area contributed by atoms with Crippen molar-refractivity contribution < 1.29 is 4.43 Å². The third-order valence-corrected chi connectivity index (χ3v) is 9.52. The highest BCUT2D eigenvalue weighted by Crippen LogP contribution is 2.42. The quantitative estimate of drug-likeness (QED) is 0.496. The highest BCUT2D eigenvalue weighted by atomic mass is 31.3. The van der Waals surface area contributed by atoms with E-state index in [1.807, 2.05) is 0 Å². The normalized spacial score (nSPS) is 22.2. The fourth-order valence-corrected chi connectivity index (χ4v) is 9.96. The second-order valence-electron chi connectivity index (χ2n) is 7.44. The molecule has 0 spiro atoms. The molecule has 0 N–H and O–H groups in total. The minimum atomic E-state index is -1.37. The van der Waals surface area contributed by atoms with Crippen molar-refractivity contribution in [3.8, 4) is 0 Å². The van der Waals surface area contributed by atoms with Gasteiger partial charge in [0.25, 0.3) is 0 Å². The third-order valence-electron chi connectivity index (χ3n) is 3.13. The van der Waals surface area contributed by atoms with E-state index in [-0.39, 0.29) is 0 Å². The molecule has 1 aliphatic carbocycles. The molecule has 0 aromatic carbocycles. The second-order valence-corrected chi connectivity index (χ2v) is 22.6. The van der Waals surface area contributed by atoms with Gasteiger partial charge in [-0.25, -0.2) is 0 Å². The first-order valence-electron chi connectivity index (χ1n) is 7.13. The number of rotatable bonds is 5. The summed E-state index contributed by atoms with van der Waals surface area (Å²) in [6.45, 7) is 14.5. The standard InChI is InChI=1S/C13H31OPSi2/c1-16(2,3)14-13(15-17(4,5)6)12-10-8-7-9-11-12/h12-13,15H,7-11H2,1-6H3. The van der Waals surface area contributed by atoms with Gasteiger partial charge >= 0.3 is 0 Å². The molecule has 17 heavy (non-hydrogen) atoms. The van der Waals surface area contributed by atoms with Gasteiger partial charge in [0.15, 0.2) is 8.32 Å². The van der Waals surface area contributed by atoms with Crippen LogP contribution in [0.15, 0.2) is 0 Å². The minimum Gasteiger partial charge on any atom is -0.411 e. The molecule has 1 aliphatic rings. The predicted molar refractivity (Wildman–Crippen MR) is 86.5 cm³/mol. The first kappa shape index (κ1) is 15.9. The molecule has 4 heteroatoms. The van der Waals surface area contributed by atoms with E-state index in [1.165, 1.54) is 32.1 Å². The molecule has 0 aromatic heterocycles. The fraction of sp³-hybridized carbons (Fsp3) is 1.00. The first-order chi connectivity index (χ1) is 7.67. The zero-order valence-corrected chi connectivity index (χ0v) is 15.6. The van der Waals surface area contributed by atoms with E-state index >= 15 is 0 Å². The molecule has 0 amide bonds. The van der Waals surface area contributed by atoms with Crippen molar-refractivity contribution in [2.45, 2.75) is 77.2 Å². The summed E-state index contributed by atoms with van der Waals surface area (Å²) in [4.78, 5) is 0. The predicted octanol–water partition coefficient (Wildman–Crippen LogP) is 5.26. The van der Waals surface area contributed by atoms with E-state index in [1.54, 1.807) is 0 Å². The van der Waals surface area contributed by atoms with Crippen LogP contribution in [0.2, 0.25) is 39.3 Å². The Bertz CT molecular complexity index is 211. The van der Waals surface area contributed by atoms with Gasteiger partial charge in [0.1, 0.15) is 0 Å². The maximum Gasteiger partial charge on any atom is 0.184 e. The summed E-state index contributed by atoms with van der Waals surface area (Å²) in [5.41, 5.74) is 0. The van der Waals surface area contributed by atoms with Gasteiger partial charge in [-0.3, -0.25) is 0 Å². The Morgan fingerprint density at radius 3 is 1.88 bits per heavy atom. The molecule has 1 saturated carbocycles. The van der Waals surface area contributed by atoms with Gasteiger partial charge in [-0.15, -0.1) is 8.13 Å². The van der Waals surface area contributed by atoms with E-state index in [0.717, 1.165) is 14.0 Å². The van der Waals surface area contributed by atoms with Crippen LogP contribution in [0, 0.1) is 5.92 Å². The van der Waals surface area contributed by atoms with Crippen molar-refractivity contribution in [1.29, 1.82) is 0 Å². The largest absolute Gasteiger partial charge is 0.411 e. The van der Waals surface area contributed by atoms with Gasteiger partial charge in [0.2, 0.25) is 0 Å². The van der Waals surface area contributed by atoms with Gasteiger partial charge in [-0.1, -0.05) is 38.9 Å². The molecule has 2 atom stereocenters. The number of hydrogen-bond donors (Lipinski definition) is 0. The van der Waals surface area contributed by atoms with Crippen molar-refractivity contribution >= 4 is 24.2 Å². The van der Waals surface area contributed by atoms with Crippen LogP contribution in [-0.2, 0) is 4.43 Å². The van der Waals surface area contributed by atoms with E-state index in [4.69, 9.17) is 4.43 Å². The lowest BCUT2D eigenvalue weighted by molar-refractivity contribution is 0.172. The Labute approximate surface area is 112 Å². The molecule has 0 saturated heterocycles. The van der Waals surface area contributed by atoms with Gasteiger partial charge in [-0.2, -0.15) is 0 Å².